The molecule has 2 N–H and O–H groups in total. The molecule has 1 atom stereocenters. The molecule has 0 aromatic carbocycles. The summed E-state index contributed by atoms with van der Waals surface area (Å²) >= 11 is 0. The van der Waals surface area contributed by atoms with Gasteiger partial charge in [-0.3, -0.25) is 9.59 Å². The molecule has 0 radical (unpaired) electrons. The molecule has 0 spiro atoms. The van der Waals surface area contributed by atoms with E-state index < -0.39 is 24.1 Å². The summed E-state index contributed by atoms with van der Waals surface area (Å²) in [6.45, 7) is 3.34. The van der Waals surface area contributed by atoms with Gasteiger partial charge in [-0.1, -0.05) is 13.8 Å². The first-order valence-electron chi connectivity index (χ1n) is 5.24. The van der Waals surface area contributed by atoms with Crippen LogP contribution in [0, 0.1) is 5.92 Å². The second-order valence-corrected chi connectivity index (χ2v) is 4.11. The first-order valence-corrected chi connectivity index (χ1v) is 5.24. The first kappa shape index (κ1) is 15.7. The minimum absolute atomic E-state index is 0.120. The van der Waals surface area contributed by atoms with Crippen LogP contribution in [0.15, 0.2) is 0 Å². The maximum Gasteiger partial charge on any atom is 0.471 e. The average Bonchev–Trinajstić information content (AvgIpc) is 2.13. The van der Waals surface area contributed by atoms with Gasteiger partial charge in [-0.2, -0.15) is 13.2 Å². The number of rotatable bonds is 6. The minimum Gasteiger partial charge on any atom is -0.481 e. The van der Waals surface area contributed by atoms with Gasteiger partial charge in [0.05, 0.1) is 0 Å². The van der Waals surface area contributed by atoms with Crippen molar-refractivity contribution >= 4 is 11.9 Å². The molecule has 4 nitrogen and oxygen atoms in total. The van der Waals surface area contributed by atoms with E-state index in [4.69, 9.17) is 5.11 Å². The number of carbonyl (C=O) groups excluding carboxylic acids is 1. The van der Waals surface area contributed by atoms with Crippen molar-refractivity contribution in [1.29, 1.82) is 0 Å². The minimum atomic E-state index is -4.90. The summed E-state index contributed by atoms with van der Waals surface area (Å²) in [7, 11) is 0. The lowest BCUT2D eigenvalue weighted by Crippen LogP contribution is -2.45. The van der Waals surface area contributed by atoms with E-state index in [1.54, 1.807) is 13.8 Å². The van der Waals surface area contributed by atoms with Crippen LogP contribution in [-0.4, -0.2) is 29.2 Å². The van der Waals surface area contributed by atoms with Gasteiger partial charge in [-0.15, -0.1) is 0 Å². The molecule has 0 fully saturated rings. The van der Waals surface area contributed by atoms with Gasteiger partial charge in [-0.05, 0) is 18.8 Å². The van der Waals surface area contributed by atoms with Gasteiger partial charge in [0.2, 0.25) is 0 Å². The van der Waals surface area contributed by atoms with Crippen molar-refractivity contribution in [3.05, 3.63) is 0 Å². The number of hydrogen-bond acceptors (Lipinski definition) is 2. The van der Waals surface area contributed by atoms with Crippen LogP contribution in [0.3, 0.4) is 0 Å². The van der Waals surface area contributed by atoms with Crippen molar-refractivity contribution in [1.82, 2.24) is 5.32 Å². The highest BCUT2D eigenvalue weighted by Gasteiger charge is 2.39. The van der Waals surface area contributed by atoms with Crippen LogP contribution >= 0.6 is 0 Å². The molecule has 0 aliphatic carbocycles. The van der Waals surface area contributed by atoms with Crippen molar-refractivity contribution in [2.75, 3.05) is 0 Å². The Kier molecular flexibility index (Phi) is 5.98. The van der Waals surface area contributed by atoms with Gasteiger partial charge < -0.3 is 10.4 Å². The van der Waals surface area contributed by atoms with Crippen molar-refractivity contribution < 1.29 is 27.9 Å². The number of carboxylic acid groups (broad SMARTS) is 1. The molecule has 0 saturated carbocycles. The van der Waals surface area contributed by atoms with Crippen LogP contribution in [0.2, 0.25) is 0 Å². The number of halogens is 3. The Hall–Kier alpha value is -1.27. The largest absolute Gasteiger partial charge is 0.481 e. The molecule has 7 heteroatoms. The van der Waals surface area contributed by atoms with Crippen molar-refractivity contribution in [2.24, 2.45) is 5.92 Å². The molecule has 0 heterocycles. The van der Waals surface area contributed by atoms with Crippen LogP contribution in [0.4, 0.5) is 13.2 Å². The standard InChI is InChI=1S/C10H16F3NO3/c1-6(2)7(4-3-5-8(15)16)14-9(17)10(11,12)13/h6-7H,3-5H2,1-2H3,(H,14,17)(H,15,16). The zero-order chi connectivity index (χ0) is 13.6. The van der Waals surface area contributed by atoms with E-state index >= 15 is 0 Å². The van der Waals surface area contributed by atoms with Gasteiger partial charge in [0.15, 0.2) is 0 Å². The number of hydrogen-bond donors (Lipinski definition) is 2. The summed E-state index contributed by atoms with van der Waals surface area (Å²) < 4.78 is 36.1. The zero-order valence-corrected chi connectivity index (χ0v) is 9.67. The molecular weight excluding hydrogens is 239 g/mol. The van der Waals surface area contributed by atoms with Gasteiger partial charge in [-0.25, -0.2) is 0 Å². The highest BCUT2D eigenvalue weighted by atomic mass is 19.4. The van der Waals surface area contributed by atoms with Gasteiger partial charge >= 0.3 is 18.1 Å². The Morgan fingerprint density at radius 1 is 1.29 bits per heavy atom. The lowest BCUT2D eigenvalue weighted by molar-refractivity contribution is -0.174. The third kappa shape index (κ3) is 6.80. The van der Waals surface area contributed by atoms with E-state index in [2.05, 4.69) is 0 Å². The van der Waals surface area contributed by atoms with Crippen molar-refractivity contribution in [3.63, 3.8) is 0 Å². The van der Waals surface area contributed by atoms with Gasteiger partial charge in [0.25, 0.3) is 0 Å². The van der Waals surface area contributed by atoms with Crippen LogP contribution in [0.5, 0.6) is 0 Å². The van der Waals surface area contributed by atoms with E-state index in [1.165, 1.54) is 0 Å². The molecule has 1 amide bonds. The molecule has 100 valence electrons. The molecular formula is C10H16F3NO3. The maximum atomic E-state index is 12.0. The third-order valence-corrected chi connectivity index (χ3v) is 2.28. The van der Waals surface area contributed by atoms with Gasteiger partial charge in [0, 0.05) is 12.5 Å². The maximum absolute atomic E-state index is 12.0. The Labute approximate surface area is 97.2 Å². The number of carboxylic acids is 1. The molecule has 0 aromatic rings. The number of alkyl halides is 3. The van der Waals surface area contributed by atoms with E-state index in [1.807, 2.05) is 5.32 Å². The molecule has 0 rings (SSSR count). The van der Waals surface area contributed by atoms with Crippen LogP contribution in [0.1, 0.15) is 33.1 Å². The van der Waals surface area contributed by atoms with E-state index in [0.717, 1.165) is 0 Å². The fraction of sp³-hybridized carbons (Fsp3) is 0.800. The Bertz CT molecular complexity index is 276. The summed E-state index contributed by atoms with van der Waals surface area (Å²) in [6.07, 6.45) is -4.58. The third-order valence-electron chi connectivity index (χ3n) is 2.28. The highest BCUT2D eigenvalue weighted by Crippen LogP contribution is 2.17. The van der Waals surface area contributed by atoms with E-state index in [0.29, 0.717) is 0 Å². The SMILES string of the molecule is CC(C)C(CCCC(=O)O)NC(=O)C(F)(F)F. The molecule has 0 aromatic heterocycles. The van der Waals surface area contributed by atoms with Crippen molar-refractivity contribution in [3.8, 4) is 0 Å². The quantitative estimate of drug-likeness (QED) is 0.762. The molecule has 0 saturated heterocycles. The summed E-state index contributed by atoms with van der Waals surface area (Å²) in [5.41, 5.74) is 0. The molecule has 1 unspecified atom stereocenters. The van der Waals surface area contributed by atoms with Crippen molar-refractivity contribution in [2.45, 2.75) is 45.3 Å². The number of nitrogens with one attached hydrogen (secondary N) is 1. The topological polar surface area (TPSA) is 66.4 Å². The average molecular weight is 255 g/mol. The number of amides is 1. The summed E-state index contributed by atoms with van der Waals surface area (Å²) in [6, 6.07) is -0.663. The Morgan fingerprint density at radius 2 is 1.82 bits per heavy atom. The second kappa shape index (κ2) is 6.46. The molecule has 0 aliphatic rings. The lowest BCUT2D eigenvalue weighted by Gasteiger charge is -2.22. The van der Waals surface area contributed by atoms with Crippen LogP contribution in [0.25, 0.3) is 0 Å². The predicted octanol–water partition coefficient (Wildman–Crippen LogP) is 1.94. The summed E-state index contributed by atoms with van der Waals surface area (Å²) in [4.78, 5) is 21.0. The molecule has 0 aliphatic heterocycles. The zero-order valence-electron chi connectivity index (χ0n) is 9.67. The summed E-state index contributed by atoms with van der Waals surface area (Å²) in [5, 5.41) is 10.3. The van der Waals surface area contributed by atoms with Crippen LogP contribution in [-0.2, 0) is 9.59 Å². The molecule has 0 bridgehead atoms. The second-order valence-electron chi connectivity index (χ2n) is 4.11. The summed E-state index contributed by atoms with van der Waals surface area (Å²) in [5.74, 6) is -3.17. The highest BCUT2D eigenvalue weighted by molar-refractivity contribution is 5.81. The Morgan fingerprint density at radius 3 is 2.18 bits per heavy atom. The number of carbonyl (C=O) groups is 2. The predicted molar refractivity (Wildman–Crippen MR) is 54.3 cm³/mol. The monoisotopic (exact) mass is 255 g/mol. The normalized spacial score (nSPS) is 13.5. The molecule has 17 heavy (non-hydrogen) atoms. The van der Waals surface area contributed by atoms with E-state index in [-0.39, 0.29) is 25.2 Å². The first-order chi connectivity index (χ1) is 7.64. The lowest BCUT2D eigenvalue weighted by atomic mass is 9.98. The van der Waals surface area contributed by atoms with Crippen LogP contribution < -0.4 is 5.32 Å². The number of aliphatic carboxylic acids is 1. The van der Waals surface area contributed by atoms with Gasteiger partial charge in [0.1, 0.15) is 0 Å². The fourth-order valence-corrected chi connectivity index (χ4v) is 1.30. The van der Waals surface area contributed by atoms with E-state index in [9.17, 15) is 22.8 Å². The Balaban J connectivity index is 4.25. The smallest absolute Gasteiger partial charge is 0.471 e. The fourth-order valence-electron chi connectivity index (χ4n) is 1.30.